The number of benzene rings is 1. The maximum atomic E-state index is 13.0. The number of rotatable bonds is 3. The van der Waals surface area contributed by atoms with Crippen molar-refractivity contribution in [3.05, 3.63) is 35.7 Å². The van der Waals surface area contributed by atoms with Gasteiger partial charge in [0.15, 0.2) is 6.29 Å². The van der Waals surface area contributed by atoms with Crippen LogP contribution in [0.15, 0.2) is 24.4 Å². The Hall–Kier alpha value is -2.31. The molecule has 4 nitrogen and oxygen atoms in total. The van der Waals surface area contributed by atoms with Gasteiger partial charge in [-0.05, 0) is 18.2 Å². The average molecular weight is 270 g/mol. The van der Waals surface area contributed by atoms with E-state index >= 15 is 0 Å². The number of H-pyrrole nitrogens is 1. The van der Waals surface area contributed by atoms with E-state index in [1.54, 1.807) is 0 Å². The van der Waals surface area contributed by atoms with Crippen molar-refractivity contribution in [1.82, 2.24) is 9.97 Å². The van der Waals surface area contributed by atoms with Crippen LogP contribution in [0.25, 0.3) is 11.4 Å². The Bertz CT molecular complexity index is 605. The van der Waals surface area contributed by atoms with Crippen LogP contribution in [0.1, 0.15) is 16.1 Å². The third-order valence-corrected chi connectivity index (χ3v) is 2.51. The molecule has 1 aromatic heterocycles. The van der Waals surface area contributed by atoms with E-state index in [1.807, 2.05) is 0 Å². The summed E-state index contributed by atoms with van der Waals surface area (Å²) in [6.07, 6.45) is -2.89. The Morgan fingerprint density at radius 2 is 2.11 bits per heavy atom. The SMILES string of the molecule is COc1ccc(-c2ncc(C=O)[nH]2)c(C(F)(F)F)c1. The van der Waals surface area contributed by atoms with E-state index in [0.29, 0.717) is 6.29 Å². The van der Waals surface area contributed by atoms with E-state index in [1.165, 1.54) is 25.4 Å². The molecule has 1 N–H and O–H groups in total. The smallest absolute Gasteiger partial charge is 0.417 e. The molecule has 2 aromatic rings. The molecule has 0 unspecified atom stereocenters. The number of hydrogen-bond donors (Lipinski definition) is 1. The normalized spacial score (nSPS) is 11.4. The average Bonchev–Trinajstić information content (AvgIpc) is 2.85. The van der Waals surface area contributed by atoms with E-state index in [2.05, 4.69) is 9.97 Å². The summed E-state index contributed by atoms with van der Waals surface area (Å²) in [6.45, 7) is 0. The van der Waals surface area contributed by atoms with Crippen LogP contribution in [0.3, 0.4) is 0 Å². The first kappa shape index (κ1) is 13.1. The van der Waals surface area contributed by atoms with Gasteiger partial charge in [0.1, 0.15) is 11.6 Å². The highest BCUT2D eigenvalue weighted by atomic mass is 19.4. The molecule has 0 aliphatic rings. The molecule has 0 fully saturated rings. The second kappa shape index (κ2) is 4.75. The molecule has 1 aromatic carbocycles. The van der Waals surface area contributed by atoms with Crippen LogP contribution < -0.4 is 4.74 Å². The summed E-state index contributed by atoms with van der Waals surface area (Å²) >= 11 is 0. The molecule has 2 rings (SSSR count). The molecule has 19 heavy (non-hydrogen) atoms. The Balaban J connectivity index is 2.58. The van der Waals surface area contributed by atoms with Crippen LogP contribution in [0.4, 0.5) is 13.2 Å². The lowest BCUT2D eigenvalue weighted by atomic mass is 10.1. The van der Waals surface area contributed by atoms with Gasteiger partial charge in [-0.3, -0.25) is 4.79 Å². The summed E-state index contributed by atoms with van der Waals surface area (Å²) in [7, 11) is 1.28. The van der Waals surface area contributed by atoms with E-state index in [9.17, 15) is 18.0 Å². The molecule has 0 saturated carbocycles. The van der Waals surface area contributed by atoms with Crippen molar-refractivity contribution in [2.75, 3.05) is 7.11 Å². The predicted molar refractivity (Wildman–Crippen MR) is 61.0 cm³/mol. The fourth-order valence-corrected chi connectivity index (χ4v) is 1.62. The maximum absolute atomic E-state index is 13.0. The van der Waals surface area contributed by atoms with Gasteiger partial charge in [0.25, 0.3) is 0 Å². The lowest BCUT2D eigenvalue weighted by Crippen LogP contribution is -2.08. The van der Waals surface area contributed by atoms with Crippen LogP contribution >= 0.6 is 0 Å². The number of nitrogens with one attached hydrogen (secondary N) is 1. The number of hydrogen-bond acceptors (Lipinski definition) is 3. The number of imidazole rings is 1. The summed E-state index contributed by atoms with van der Waals surface area (Å²) in [5.41, 5.74) is -0.904. The summed E-state index contributed by atoms with van der Waals surface area (Å²) in [5, 5.41) is 0. The zero-order valence-corrected chi connectivity index (χ0v) is 9.78. The highest BCUT2D eigenvalue weighted by Crippen LogP contribution is 2.38. The Kier molecular flexibility index (Phi) is 3.28. The molecule has 0 aliphatic heterocycles. The Morgan fingerprint density at radius 1 is 1.37 bits per heavy atom. The van der Waals surface area contributed by atoms with Crippen LogP contribution in [0, 0.1) is 0 Å². The minimum atomic E-state index is -4.54. The van der Waals surface area contributed by atoms with E-state index in [-0.39, 0.29) is 22.8 Å². The molecular weight excluding hydrogens is 261 g/mol. The molecule has 0 amide bonds. The Morgan fingerprint density at radius 3 is 2.63 bits per heavy atom. The molecule has 0 bridgehead atoms. The first-order valence-electron chi connectivity index (χ1n) is 5.21. The number of alkyl halides is 3. The first-order valence-corrected chi connectivity index (χ1v) is 5.21. The largest absolute Gasteiger partial charge is 0.497 e. The van der Waals surface area contributed by atoms with E-state index in [4.69, 9.17) is 4.74 Å². The van der Waals surface area contributed by atoms with Gasteiger partial charge in [0.05, 0.1) is 24.6 Å². The summed E-state index contributed by atoms with van der Waals surface area (Å²) in [4.78, 5) is 16.8. The van der Waals surface area contributed by atoms with Crippen molar-refractivity contribution in [2.24, 2.45) is 0 Å². The Labute approximate surface area is 106 Å². The van der Waals surface area contributed by atoms with Crippen LogP contribution in [0.2, 0.25) is 0 Å². The number of methoxy groups -OCH3 is 1. The zero-order chi connectivity index (χ0) is 14.0. The van der Waals surface area contributed by atoms with Gasteiger partial charge in [-0.15, -0.1) is 0 Å². The lowest BCUT2D eigenvalue weighted by molar-refractivity contribution is -0.137. The van der Waals surface area contributed by atoms with Gasteiger partial charge in [0, 0.05) is 5.56 Å². The van der Waals surface area contributed by atoms with Gasteiger partial charge < -0.3 is 9.72 Å². The topological polar surface area (TPSA) is 55.0 Å². The molecule has 1 heterocycles. The van der Waals surface area contributed by atoms with Crippen LogP contribution in [-0.4, -0.2) is 23.4 Å². The second-order valence-electron chi connectivity index (χ2n) is 3.71. The van der Waals surface area contributed by atoms with Crippen LogP contribution in [0.5, 0.6) is 5.75 Å². The van der Waals surface area contributed by atoms with Gasteiger partial charge in [-0.2, -0.15) is 13.2 Å². The second-order valence-corrected chi connectivity index (χ2v) is 3.71. The number of ether oxygens (including phenoxy) is 1. The van der Waals surface area contributed by atoms with E-state index < -0.39 is 11.7 Å². The monoisotopic (exact) mass is 270 g/mol. The quantitative estimate of drug-likeness (QED) is 0.872. The van der Waals surface area contributed by atoms with Crippen molar-refractivity contribution >= 4 is 6.29 Å². The van der Waals surface area contributed by atoms with Gasteiger partial charge in [-0.25, -0.2) is 4.98 Å². The summed E-state index contributed by atoms with van der Waals surface area (Å²) < 4.78 is 43.7. The molecular formula is C12H9F3N2O2. The number of aromatic amines is 1. The first-order chi connectivity index (χ1) is 8.95. The molecule has 0 aliphatic carbocycles. The van der Waals surface area contributed by atoms with Gasteiger partial charge in [-0.1, -0.05) is 0 Å². The van der Waals surface area contributed by atoms with Gasteiger partial charge in [0.2, 0.25) is 0 Å². The van der Waals surface area contributed by atoms with E-state index in [0.717, 1.165) is 6.07 Å². The molecule has 0 atom stereocenters. The number of carbonyl (C=O) groups is 1. The standard InChI is InChI=1S/C12H9F3N2O2/c1-19-8-2-3-9(10(4-8)12(13,14)15)11-16-5-7(6-18)17-11/h2-6H,1H3,(H,16,17). The molecule has 0 spiro atoms. The zero-order valence-electron chi connectivity index (χ0n) is 9.78. The molecule has 100 valence electrons. The number of carbonyl (C=O) groups excluding carboxylic acids is 1. The van der Waals surface area contributed by atoms with Crippen molar-refractivity contribution in [3.63, 3.8) is 0 Å². The van der Waals surface area contributed by atoms with Crippen molar-refractivity contribution < 1.29 is 22.7 Å². The highest BCUT2D eigenvalue weighted by molar-refractivity contribution is 5.74. The summed E-state index contributed by atoms with van der Waals surface area (Å²) in [6, 6.07) is 3.53. The molecule has 0 radical (unpaired) electrons. The minimum Gasteiger partial charge on any atom is -0.497 e. The predicted octanol–water partition coefficient (Wildman–Crippen LogP) is 2.92. The lowest BCUT2D eigenvalue weighted by Gasteiger charge is -2.12. The highest BCUT2D eigenvalue weighted by Gasteiger charge is 2.34. The van der Waals surface area contributed by atoms with Crippen molar-refractivity contribution in [3.8, 4) is 17.1 Å². The van der Waals surface area contributed by atoms with Crippen LogP contribution in [-0.2, 0) is 6.18 Å². The number of nitrogens with zero attached hydrogens (tertiary/aromatic N) is 1. The number of halogens is 3. The maximum Gasteiger partial charge on any atom is 0.417 e. The fourth-order valence-electron chi connectivity index (χ4n) is 1.62. The number of aldehydes is 1. The van der Waals surface area contributed by atoms with Gasteiger partial charge >= 0.3 is 6.18 Å². The summed E-state index contributed by atoms with van der Waals surface area (Å²) in [5.74, 6) is 0.0790. The van der Waals surface area contributed by atoms with Crippen molar-refractivity contribution in [2.45, 2.75) is 6.18 Å². The third-order valence-electron chi connectivity index (χ3n) is 2.51. The van der Waals surface area contributed by atoms with Crippen molar-refractivity contribution in [1.29, 1.82) is 0 Å². The number of aromatic nitrogens is 2. The molecule has 7 heteroatoms. The fraction of sp³-hybridized carbons (Fsp3) is 0.167. The minimum absolute atomic E-state index is 0.0166. The molecule has 0 saturated heterocycles. The third kappa shape index (κ3) is 2.59.